The SMILES string of the molecule is C[C@H]1CCCC[NH+]1CCCNC(=O)CCc1nc2ccccc2c(=O)n1C. The third-order valence-electron chi connectivity index (χ3n) is 5.73. The number of amides is 1. The first-order chi connectivity index (χ1) is 13.1. The van der Waals surface area contributed by atoms with Crippen LogP contribution in [0.1, 0.15) is 44.9 Å². The number of hydrogen-bond donors (Lipinski definition) is 2. The summed E-state index contributed by atoms with van der Waals surface area (Å²) in [6, 6.07) is 8.08. The van der Waals surface area contributed by atoms with Crippen LogP contribution in [0.5, 0.6) is 0 Å². The molecule has 1 unspecified atom stereocenters. The first-order valence-electron chi connectivity index (χ1n) is 10.1. The minimum absolute atomic E-state index is 0.0269. The number of piperidine rings is 1. The van der Waals surface area contributed by atoms with Crippen molar-refractivity contribution in [2.45, 2.75) is 51.5 Å². The van der Waals surface area contributed by atoms with Crippen molar-refractivity contribution in [1.82, 2.24) is 14.9 Å². The summed E-state index contributed by atoms with van der Waals surface area (Å²) >= 11 is 0. The topological polar surface area (TPSA) is 68.4 Å². The fourth-order valence-corrected chi connectivity index (χ4v) is 3.97. The Bertz CT molecular complexity index is 846. The molecule has 6 heteroatoms. The molecule has 1 saturated heterocycles. The number of likely N-dealkylation sites (tertiary alicyclic amines) is 1. The Morgan fingerprint density at radius 2 is 2.15 bits per heavy atom. The second-order valence-corrected chi connectivity index (χ2v) is 7.67. The second-order valence-electron chi connectivity index (χ2n) is 7.67. The Morgan fingerprint density at radius 1 is 1.33 bits per heavy atom. The number of benzene rings is 1. The van der Waals surface area contributed by atoms with Crippen LogP contribution in [-0.4, -0.2) is 41.1 Å². The lowest BCUT2D eigenvalue weighted by atomic mass is 10.0. The van der Waals surface area contributed by atoms with Gasteiger partial charge in [0, 0.05) is 32.9 Å². The smallest absolute Gasteiger partial charge is 0.261 e. The van der Waals surface area contributed by atoms with E-state index < -0.39 is 0 Å². The molecule has 0 spiro atoms. The summed E-state index contributed by atoms with van der Waals surface area (Å²) in [5.41, 5.74) is 0.629. The van der Waals surface area contributed by atoms with Gasteiger partial charge in [-0.05, 0) is 38.3 Å². The lowest BCUT2D eigenvalue weighted by Crippen LogP contribution is -3.16. The first-order valence-corrected chi connectivity index (χ1v) is 10.1. The van der Waals surface area contributed by atoms with Crippen LogP contribution in [-0.2, 0) is 18.3 Å². The molecular weight excluding hydrogens is 340 g/mol. The minimum atomic E-state index is -0.0605. The van der Waals surface area contributed by atoms with Crippen molar-refractivity contribution in [3.8, 4) is 0 Å². The van der Waals surface area contributed by atoms with Crippen molar-refractivity contribution in [2.24, 2.45) is 7.05 Å². The summed E-state index contributed by atoms with van der Waals surface area (Å²) in [4.78, 5) is 30.8. The van der Waals surface area contributed by atoms with Gasteiger partial charge in [-0.1, -0.05) is 12.1 Å². The van der Waals surface area contributed by atoms with Gasteiger partial charge in [0.25, 0.3) is 5.56 Å². The van der Waals surface area contributed by atoms with E-state index in [2.05, 4.69) is 17.2 Å². The van der Waals surface area contributed by atoms with E-state index in [-0.39, 0.29) is 11.5 Å². The maximum Gasteiger partial charge on any atom is 0.261 e. The molecule has 1 aliphatic heterocycles. The molecule has 146 valence electrons. The lowest BCUT2D eigenvalue weighted by molar-refractivity contribution is -0.928. The monoisotopic (exact) mass is 371 g/mol. The number of hydrogen-bond acceptors (Lipinski definition) is 3. The van der Waals surface area contributed by atoms with Gasteiger partial charge in [-0.3, -0.25) is 14.2 Å². The minimum Gasteiger partial charge on any atom is -0.356 e. The molecule has 6 nitrogen and oxygen atoms in total. The van der Waals surface area contributed by atoms with Crippen LogP contribution < -0.4 is 15.8 Å². The Balaban J connectivity index is 1.46. The molecule has 27 heavy (non-hydrogen) atoms. The van der Waals surface area contributed by atoms with E-state index in [1.807, 2.05) is 18.2 Å². The van der Waals surface area contributed by atoms with E-state index in [4.69, 9.17) is 0 Å². The molecule has 1 aliphatic rings. The lowest BCUT2D eigenvalue weighted by Gasteiger charge is -2.30. The number of nitrogens with zero attached hydrogens (tertiary/aromatic N) is 2. The maximum absolute atomic E-state index is 12.4. The predicted octanol–water partition coefficient (Wildman–Crippen LogP) is 0.830. The summed E-state index contributed by atoms with van der Waals surface area (Å²) in [6.45, 7) is 5.44. The Labute approximate surface area is 160 Å². The van der Waals surface area contributed by atoms with Gasteiger partial charge in [0.1, 0.15) is 5.82 Å². The van der Waals surface area contributed by atoms with Gasteiger partial charge in [0.05, 0.1) is 30.0 Å². The molecule has 2 atom stereocenters. The van der Waals surface area contributed by atoms with E-state index in [1.54, 1.807) is 22.6 Å². The van der Waals surface area contributed by atoms with Crippen molar-refractivity contribution in [3.05, 3.63) is 40.4 Å². The maximum atomic E-state index is 12.4. The van der Waals surface area contributed by atoms with E-state index in [0.29, 0.717) is 29.6 Å². The van der Waals surface area contributed by atoms with Crippen molar-refractivity contribution in [2.75, 3.05) is 19.6 Å². The van der Waals surface area contributed by atoms with Crippen LogP contribution in [0.3, 0.4) is 0 Å². The van der Waals surface area contributed by atoms with Gasteiger partial charge >= 0.3 is 0 Å². The molecule has 0 aliphatic carbocycles. The number of fused-ring (bicyclic) bond motifs is 1. The van der Waals surface area contributed by atoms with Crippen molar-refractivity contribution < 1.29 is 9.69 Å². The largest absolute Gasteiger partial charge is 0.356 e. The summed E-state index contributed by atoms with van der Waals surface area (Å²) < 4.78 is 1.55. The number of carbonyl (C=O) groups is 1. The normalized spacial score (nSPS) is 19.9. The highest BCUT2D eigenvalue weighted by Gasteiger charge is 2.20. The fraction of sp³-hybridized carbons (Fsp3) is 0.571. The molecule has 0 saturated carbocycles. The number of aryl methyl sites for hydroxylation is 1. The summed E-state index contributed by atoms with van der Waals surface area (Å²) in [7, 11) is 1.72. The van der Waals surface area contributed by atoms with Gasteiger partial charge < -0.3 is 10.2 Å². The molecule has 1 fully saturated rings. The molecule has 2 aromatic rings. The van der Waals surface area contributed by atoms with Crippen LogP contribution in [0.4, 0.5) is 0 Å². The molecule has 3 rings (SSSR count). The summed E-state index contributed by atoms with van der Waals surface area (Å²) in [5, 5.41) is 3.62. The standard InChI is InChI=1S/C21H30N4O2/c1-16-8-5-6-14-25(16)15-7-13-22-20(26)12-11-19-23-18-10-4-3-9-17(18)21(27)24(19)2/h3-4,9-10,16H,5-8,11-15H2,1-2H3,(H,22,26)/p+1/t16-/m0/s1. The van der Waals surface area contributed by atoms with Gasteiger partial charge in [-0.15, -0.1) is 0 Å². The number of nitrogens with one attached hydrogen (secondary N) is 2. The van der Waals surface area contributed by atoms with Gasteiger partial charge in [-0.25, -0.2) is 4.98 Å². The number of para-hydroxylation sites is 1. The highest BCUT2D eigenvalue weighted by molar-refractivity contribution is 5.78. The van der Waals surface area contributed by atoms with Crippen LogP contribution in [0.25, 0.3) is 10.9 Å². The average molecular weight is 372 g/mol. The van der Waals surface area contributed by atoms with Crippen LogP contribution in [0.2, 0.25) is 0 Å². The third kappa shape index (κ3) is 4.95. The Kier molecular flexibility index (Phi) is 6.61. The zero-order valence-electron chi connectivity index (χ0n) is 16.5. The predicted molar refractivity (Wildman–Crippen MR) is 107 cm³/mol. The number of carbonyl (C=O) groups excluding carboxylic acids is 1. The van der Waals surface area contributed by atoms with Gasteiger partial charge in [0.2, 0.25) is 5.91 Å². The molecule has 1 aromatic heterocycles. The van der Waals surface area contributed by atoms with Crippen LogP contribution >= 0.6 is 0 Å². The molecule has 2 N–H and O–H groups in total. The zero-order valence-corrected chi connectivity index (χ0v) is 16.5. The van der Waals surface area contributed by atoms with Crippen molar-refractivity contribution >= 4 is 16.8 Å². The van der Waals surface area contributed by atoms with E-state index >= 15 is 0 Å². The van der Waals surface area contributed by atoms with E-state index in [9.17, 15) is 9.59 Å². The average Bonchev–Trinajstić information content (AvgIpc) is 2.68. The number of rotatable bonds is 7. The number of aromatic nitrogens is 2. The van der Waals surface area contributed by atoms with Gasteiger partial charge in [-0.2, -0.15) is 0 Å². The van der Waals surface area contributed by atoms with Crippen LogP contribution in [0.15, 0.2) is 29.1 Å². The molecular formula is C21H31N4O2+. The molecule has 0 bridgehead atoms. The second kappa shape index (κ2) is 9.13. The fourth-order valence-electron chi connectivity index (χ4n) is 3.97. The molecule has 0 radical (unpaired) electrons. The van der Waals surface area contributed by atoms with Crippen molar-refractivity contribution in [1.29, 1.82) is 0 Å². The van der Waals surface area contributed by atoms with E-state index in [0.717, 1.165) is 25.6 Å². The highest BCUT2D eigenvalue weighted by Crippen LogP contribution is 2.08. The van der Waals surface area contributed by atoms with Crippen LogP contribution in [0, 0.1) is 0 Å². The highest BCUT2D eigenvalue weighted by atomic mass is 16.1. The number of quaternary nitrogens is 1. The summed E-state index contributed by atoms with van der Waals surface area (Å²) in [5.74, 6) is 0.680. The summed E-state index contributed by atoms with van der Waals surface area (Å²) in [6.07, 6.45) is 5.83. The molecule has 1 aromatic carbocycles. The van der Waals surface area contributed by atoms with E-state index in [1.165, 1.54) is 25.8 Å². The zero-order chi connectivity index (χ0) is 19.2. The van der Waals surface area contributed by atoms with Crippen molar-refractivity contribution in [3.63, 3.8) is 0 Å². The molecule has 1 amide bonds. The Hall–Kier alpha value is -2.21. The third-order valence-corrected chi connectivity index (χ3v) is 5.73. The van der Waals surface area contributed by atoms with Gasteiger partial charge in [0.15, 0.2) is 0 Å². The Morgan fingerprint density at radius 3 is 2.96 bits per heavy atom. The molecule has 2 heterocycles. The quantitative estimate of drug-likeness (QED) is 0.709. The first kappa shape index (κ1) is 19.5.